The maximum atomic E-state index is 5.66. The van der Waals surface area contributed by atoms with Crippen LogP contribution < -0.4 is 10.2 Å². The van der Waals surface area contributed by atoms with Crippen LogP contribution in [0.1, 0.15) is 18.4 Å². The summed E-state index contributed by atoms with van der Waals surface area (Å²) in [6, 6.07) is 4.10. The molecule has 0 radical (unpaired) electrons. The minimum Gasteiger partial charge on any atom is -0.376 e. The standard InChI is InChI=1S/C13H21N3O/c1-14-9-11-5-3-7-15-13(11)16(2)10-12-6-4-8-17-12/h3,5,7,12,14H,4,6,8-10H2,1-2H3. The SMILES string of the molecule is CNCc1cccnc1N(C)CC1CCCO1. The Balaban J connectivity index is 2.03. The van der Waals surface area contributed by atoms with E-state index in [1.807, 2.05) is 19.3 Å². The highest BCUT2D eigenvalue weighted by molar-refractivity contribution is 5.46. The highest BCUT2D eigenvalue weighted by Crippen LogP contribution is 2.19. The molecule has 94 valence electrons. The Morgan fingerprint density at radius 1 is 1.59 bits per heavy atom. The third kappa shape index (κ3) is 3.17. The molecule has 1 unspecified atom stereocenters. The highest BCUT2D eigenvalue weighted by atomic mass is 16.5. The molecule has 4 nitrogen and oxygen atoms in total. The minimum atomic E-state index is 0.365. The van der Waals surface area contributed by atoms with Crippen molar-refractivity contribution < 1.29 is 4.74 Å². The van der Waals surface area contributed by atoms with Crippen LogP contribution in [0, 0.1) is 0 Å². The van der Waals surface area contributed by atoms with E-state index in [1.54, 1.807) is 0 Å². The van der Waals surface area contributed by atoms with Crippen molar-refractivity contribution in [3.05, 3.63) is 23.9 Å². The quantitative estimate of drug-likeness (QED) is 0.837. The molecule has 1 aromatic heterocycles. The number of nitrogens with one attached hydrogen (secondary N) is 1. The molecule has 0 amide bonds. The lowest BCUT2D eigenvalue weighted by atomic mass is 10.2. The van der Waals surface area contributed by atoms with Gasteiger partial charge in [0.15, 0.2) is 0 Å². The fourth-order valence-electron chi connectivity index (χ4n) is 2.28. The molecule has 17 heavy (non-hydrogen) atoms. The van der Waals surface area contributed by atoms with Crippen LogP contribution in [0.5, 0.6) is 0 Å². The van der Waals surface area contributed by atoms with Crippen LogP contribution in [0.15, 0.2) is 18.3 Å². The first-order valence-electron chi connectivity index (χ1n) is 6.22. The van der Waals surface area contributed by atoms with Crippen LogP contribution in [-0.2, 0) is 11.3 Å². The highest BCUT2D eigenvalue weighted by Gasteiger charge is 2.19. The van der Waals surface area contributed by atoms with E-state index in [0.717, 1.165) is 25.5 Å². The van der Waals surface area contributed by atoms with Crippen molar-refractivity contribution in [3.63, 3.8) is 0 Å². The number of aromatic nitrogens is 1. The number of anilines is 1. The second-order valence-electron chi connectivity index (χ2n) is 4.53. The molecule has 4 heteroatoms. The van der Waals surface area contributed by atoms with Crippen LogP contribution >= 0.6 is 0 Å². The Morgan fingerprint density at radius 3 is 3.18 bits per heavy atom. The van der Waals surface area contributed by atoms with Crippen molar-refractivity contribution in [1.29, 1.82) is 0 Å². The molecular formula is C13H21N3O. The summed E-state index contributed by atoms with van der Waals surface area (Å²) < 4.78 is 5.66. The van der Waals surface area contributed by atoms with Crippen LogP contribution in [0.4, 0.5) is 5.82 Å². The summed E-state index contributed by atoms with van der Waals surface area (Å²) in [7, 11) is 4.04. The third-order valence-corrected chi connectivity index (χ3v) is 3.10. The molecule has 2 rings (SSSR count). The minimum absolute atomic E-state index is 0.365. The number of likely N-dealkylation sites (N-methyl/N-ethyl adjacent to an activating group) is 1. The first-order chi connectivity index (χ1) is 8.31. The van der Waals surface area contributed by atoms with E-state index >= 15 is 0 Å². The van der Waals surface area contributed by atoms with E-state index in [4.69, 9.17) is 4.74 Å². The number of nitrogens with zero attached hydrogens (tertiary/aromatic N) is 2. The van der Waals surface area contributed by atoms with Gasteiger partial charge in [0, 0.05) is 38.5 Å². The van der Waals surface area contributed by atoms with E-state index in [-0.39, 0.29) is 0 Å². The number of pyridine rings is 1. The maximum Gasteiger partial charge on any atom is 0.132 e. The summed E-state index contributed by atoms with van der Waals surface area (Å²) in [5.41, 5.74) is 1.23. The van der Waals surface area contributed by atoms with Gasteiger partial charge < -0.3 is 15.0 Å². The third-order valence-electron chi connectivity index (χ3n) is 3.10. The fraction of sp³-hybridized carbons (Fsp3) is 0.615. The van der Waals surface area contributed by atoms with Crippen LogP contribution in [-0.4, -0.2) is 38.3 Å². The Morgan fingerprint density at radius 2 is 2.47 bits per heavy atom. The van der Waals surface area contributed by atoms with E-state index in [0.29, 0.717) is 6.10 Å². The predicted molar refractivity (Wildman–Crippen MR) is 69.2 cm³/mol. The lowest BCUT2D eigenvalue weighted by Crippen LogP contribution is -2.30. The van der Waals surface area contributed by atoms with Crippen molar-refractivity contribution in [2.45, 2.75) is 25.5 Å². The van der Waals surface area contributed by atoms with Gasteiger partial charge in [-0.15, -0.1) is 0 Å². The van der Waals surface area contributed by atoms with Crippen LogP contribution in [0.3, 0.4) is 0 Å². The zero-order valence-corrected chi connectivity index (χ0v) is 10.6. The van der Waals surface area contributed by atoms with Gasteiger partial charge in [0.1, 0.15) is 5.82 Å². The molecule has 1 saturated heterocycles. The number of hydrogen-bond acceptors (Lipinski definition) is 4. The molecule has 1 aliphatic rings. The summed E-state index contributed by atoms with van der Waals surface area (Å²) >= 11 is 0. The van der Waals surface area contributed by atoms with Gasteiger partial charge in [0.05, 0.1) is 6.10 Å². The van der Waals surface area contributed by atoms with Crippen LogP contribution in [0.2, 0.25) is 0 Å². The lowest BCUT2D eigenvalue weighted by Gasteiger charge is -2.23. The Kier molecular flexibility index (Phi) is 4.34. The average molecular weight is 235 g/mol. The smallest absolute Gasteiger partial charge is 0.132 e. The van der Waals surface area contributed by atoms with E-state index < -0.39 is 0 Å². The summed E-state index contributed by atoms with van der Waals surface area (Å²) in [5, 5.41) is 3.17. The van der Waals surface area contributed by atoms with Crippen molar-refractivity contribution in [2.24, 2.45) is 0 Å². The van der Waals surface area contributed by atoms with E-state index in [9.17, 15) is 0 Å². The monoisotopic (exact) mass is 235 g/mol. The van der Waals surface area contributed by atoms with Crippen molar-refractivity contribution in [2.75, 3.05) is 32.1 Å². The van der Waals surface area contributed by atoms with E-state index in [2.05, 4.69) is 28.3 Å². The Hall–Kier alpha value is -1.13. The van der Waals surface area contributed by atoms with Gasteiger partial charge in [0.2, 0.25) is 0 Å². The molecular weight excluding hydrogens is 214 g/mol. The molecule has 0 aromatic carbocycles. The topological polar surface area (TPSA) is 37.4 Å². The molecule has 1 atom stereocenters. The van der Waals surface area contributed by atoms with Gasteiger partial charge in [-0.1, -0.05) is 6.07 Å². The van der Waals surface area contributed by atoms with Gasteiger partial charge in [-0.3, -0.25) is 0 Å². The Bertz CT molecular complexity index is 350. The maximum absolute atomic E-state index is 5.66. The van der Waals surface area contributed by atoms with Crippen molar-refractivity contribution in [3.8, 4) is 0 Å². The molecule has 2 heterocycles. The average Bonchev–Trinajstić information content (AvgIpc) is 2.83. The molecule has 0 saturated carbocycles. The Labute approximate surface area is 103 Å². The van der Waals surface area contributed by atoms with Crippen LogP contribution in [0.25, 0.3) is 0 Å². The number of rotatable bonds is 5. The molecule has 1 N–H and O–H groups in total. The molecule has 0 spiro atoms. The second-order valence-corrected chi connectivity index (χ2v) is 4.53. The summed E-state index contributed by atoms with van der Waals surface area (Å²) in [4.78, 5) is 6.67. The second kappa shape index (κ2) is 5.98. The molecule has 1 aromatic rings. The summed E-state index contributed by atoms with van der Waals surface area (Å²) in [6.45, 7) is 2.68. The molecule has 1 fully saturated rings. The van der Waals surface area contributed by atoms with Gasteiger partial charge in [0.25, 0.3) is 0 Å². The lowest BCUT2D eigenvalue weighted by molar-refractivity contribution is 0.116. The fourth-order valence-corrected chi connectivity index (χ4v) is 2.28. The molecule has 0 bridgehead atoms. The van der Waals surface area contributed by atoms with Crippen molar-refractivity contribution >= 4 is 5.82 Å². The zero-order valence-electron chi connectivity index (χ0n) is 10.6. The largest absolute Gasteiger partial charge is 0.376 e. The van der Waals surface area contributed by atoms with Gasteiger partial charge in [-0.05, 0) is 26.0 Å². The summed E-state index contributed by atoms with van der Waals surface area (Å²) in [6.07, 6.45) is 4.56. The van der Waals surface area contributed by atoms with E-state index in [1.165, 1.54) is 18.4 Å². The first-order valence-corrected chi connectivity index (χ1v) is 6.22. The van der Waals surface area contributed by atoms with Gasteiger partial charge >= 0.3 is 0 Å². The number of hydrogen-bond donors (Lipinski definition) is 1. The predicted octanol–water partition coefficient (Wildman–Crippen LogP) is 1.42. The summed E-state index contributed by atoms with van der Waals surface area (Å²) in [5.74, 6) is 1.05. The van der Waals surface area contributed by atoms with Gasteiger partial charge in [-0.2, -0.15) is 0 Å². The molecule has 0 aliphatic carbocycles. The number of ether oxygens (including phenoxy) is 1. The normalized spacial score (nSPS) is 19.5. The van der Waals surface area contributed by atoms with Crippen molar-refractivity contribution in [1.82, 2.24) is 10.3 Å². The molecule has 1 aliphatic heterocycles. The van der Waals surface area contributed by atoms with Gasteiger partial charge in [-0.25, -0.2) is 4.98 Å². The zero-order chi connectivity index (χ0) is 12.1. The first kappa shape index (κ1) is 12.3.